The topological polar surface area (TPSA) is 56.7 Å². The molecule has 0 aliphatic heterocycles. The van der Waals surface area contributed by atoms with Crippen molar-refractivity contribution in [2.75, 3.05) is 5.75 Å². The largest absolute Gasteiger partial charge is 0.324 e. The predicted octanol–water partition coefficient (Wildman–Crippen LogP) is 1.66. The number of aromatic nitrogens is 3. The molecule has 0 bridgehead atoms. The number of rotatable bonds is 6. The lowest BCUT2D eigenvalue weighted by atomic mass is 10.3. The summed E-state index contributed by atoms with van der Waals surface area (Å²) in [6.07, 6.45) is -4.54. The van der Waals surface area contributed by atoms with Crippen LogP contribution in [-0.4, -0.2) is 32.9 Å². The second kappa shape index (κ2) is 5.67. The minimum absolute atomic E-state index is 0.159. The van der Waals surface area contributed by atoms with E-state index in [0.717, 1.165) is 11.8 Å². The van der Waals surface area contributed by atoms with E-state index in [9.17, 15) is 17.6 Å². The van der Waals surface area contributed by atoms with Crippen LogP contribution in [0, 0.1) is 0 Å². The van der Waals surface area contributed by atoms with Crippen LogP contribution in [-0.2, 0) is 13.6 Å². The molecule has 0 fully saturated rings. The summed E-state index contributed by atoms with van der Waals surface area (Å²) in [6.45, 7) is 0.178. The van der Waals surface area contributed by atoms with E-state index < -0.39 is 18.8 Å². The molecule has 1 aromatic heterocycles. The van der Waals surface area contributed by atoms with E-state index in [1.165, 1.54) is 0 Å². The van der Waals surface area contributed by atoms with Crippen LogP contribution < -0.4 is 5.73 Å². The minimum atomic E-state index is -3.96. The molecular weight excluding hydrogens is 260 g/mol. The molecule has 0 saturated heterocycles. The van der Waals surface area contributed by atoms with Gasteiger partial charge in [0.25, 0.3) is 0 Å². The van der Waals surface area contributed by atoms with Crippen LogP contribution >= 0.6 is 11.8 Å². The lowest BCUT2D eigenvalue weighted by Crippen LogP contribution is -2.27. The van der Waals surface area contributed by atoms with Gasteiger partial charge in [0.1, 0.15) is 5.82 Å². The van der Waals surface area contributed by atoms with Crippen LogP contribution in [0.4, 0.5) is 17.6 Å². The predicted molar refractivity (Wildman–Crippen MR) is 55.2 cm³/mol. The summed E-state index contributed by atoms with van der Waals surface area (Å²) in [5.74, 6) is -3.61. The molecule has 0 radical (unpaired) electrons. The Labute approximate surface area is 99.6 Å². The van der Waals surface area contributed by atoms with E-state index in [1.807, 2.05) is 0 Å². The van der Waals surface area contributed by atoms with Crippen molar-refractivity contribution in [3.05, 3.63) is 5.82 Å². The lowest BCUT2D eigenvalue weighted by molar-refractivity contribution is -0.129. The van der Waals surface area contributed by atoms with Gasteiger partial charge in [-0.1, -0.05) is 11.8 Å². The molecule has 9 heteroatoms. The second-order valence-corrected chi connectivity index (χ2v) is 4.38. The first kappa shape index (κ1) is 14.2. The number of nitrogens with zero attached hydrogens (tertiary/aromatic N) is 3. The maximum Gasteiger partial charge on any atom is 0.308 e. The van der Waals surface area contributed by atoms with Crippen molar-refractivity contribution in [2.45, 2.75) is 30.5 Å². The highest BCUT2D eigenvalue weighted by atomic mass is 32.2. The summed E-state index contributed by atoms with van der Waals surface area (Å²) >= 11 is 0.948. The third-order valence-electron chi connectivity index (χ3n) is 2.09. The zero-order chi connectivity index (χ0) is 13.1. The van der Waals surface area contributed by atoms with Crippen molar-refractivity contribution in [3.8, 4) is 0 Å². The van der Waals surface area contributed by atoms with Gasteiger partial charge in [0.2, 0.25) is 0 Å². The number of thioether (sulfide) groups is 1. The molecule has 4 nitrogen and oxygen atoms in total. The molecule has 1 aromatic rings. The van der Waals surface area contributed by atoms with Crippen LogP contribution in [0.25, 0.3) is 0 Å². The van der Waals surface area contributed by atoms with Crippen LogP contribution in [0.3, 0.4) is 0 Å². The standard InChI is InChI=1S/C8H12F4N4S/c1-16-5(4-13)14-15-7(16)17-3-2-8(11,12)6(9)10/h6H,2-4,13H2,1H3. The van der Waals surface area contributed by atoms with Gasteiger partial charge in [0.05, 0.1) is 6.54 Å². The average Bonchev–Trinajstić information content (AvgIpc) is 2.59. The Morgan fingerprint density at radius 1 is 1.41 bits per heavy atom. The Morgan fingerprint density at radius 2 is 2.06 bits per heavy atom. The Balaban J connectivity index is 2.49. The summed E-state index contributed by atoms with van der Waals surface area (Å²) in [4.78, 5) is 0. The number of alkyl halides is 4. The molecule has 2 N–H and O–H groups in total. The molecule has 1 rings (SSSR count). The SMILES string of the molecule is Cn1c(CN)nnc1SCCC(F)(F)C(F)F. The van der Waals surface area contributed by atoms with Gasteiger partial charge >= 0.3 is 12.3 Å². The Kier molecular flexibility index (Phi) is 4.75. The van der Waals surface area contributed by atoms with E-state index >= 15 is 0 Å². The molecule has 0 unspecified atom stereocenters. The zero-order valence-corrected chi connectivity index (χ0v) is 9.85. The van der Waals surface area contributed by atoms with Gasteiger partial charge in [-0.25, -0.2) is 17.6 Å². The highest BCUT2D eigenvalue weighted by molar-refractivity contribution is 7.99. The van der Waals surface area contributed by atoms with Crippen molar-refractivity contribution in [1.29, 1.82) is 0 Å². The fraction of sp³-hybridized carbons (Fsp3) is 0.750. The molecular formula is C8H12F4N4S. The van der Waals surface area contributed by atoms with E-state index in [2.05, 4.69) is 10.2 Å². The van der Waals surface area contributed by atoms with Crippen molar-refractivity contribution < 1.29 is 17.6 Å². The van der Waals surface area contributed by atoms with Crippen molar-refractivity contribution >= 4 is 11.8 Å². The molecule has 98 valence electrons. The molecule has 0 spiro atoms. The third-order valence-corrected chi connectivity index (χ3v) is 3.12. The van der Waals surface area contributed by atoms with Crippen LogP contribution in [0.15, 0.2) is 5.16 Å². The van der Waals surface area contributed by atoms with Crippen molar-refractivity contribution in [3.63, 3.8) is 0 Å². The first-order valence-electron chi connectivity index (χ1n) is 4.75. The minimum Gasteiger partial charge on any atom is -0.324 e. The van der Waals surface area contributed by atoms with Gasteiger partial charge in [-0.2, -0.15) is 0 Å². The first-order chi connectivity index (χ1) is 7.88. The average molecular weight is 272 g/mol. The quantitative estimate of drug-likeness (QED) is 0.632. The van der Waals surface area contributed by atoms with Gasteiger partial charge in [0, 0.05) is 19.2 Å². The van der Waals surface area contributed by atoms with E-state index in [4.69, 9.17) is 5.73 Å². The fourth-order valence-electron chi connectivity index (χ4n) is 1.04. The maximum atomic E-state index is 12.6. The number of hydrogen-bond acceptors (Lipinski definition) is 4. The summed E-state index contributed by atoms with van der Waals surface area (Å²) in [7, 11) is 1.63. The number of halogens is 4. The fourth-order valence-corrected chi connectivity index (χ4v) is 1.99. The van der Waals surface area contributed by atoms with Crippen molar-refractivity contribution in [1.82, 2.24) is 14.8 Å². The highest BCUT2D eigenvalue weighted by Crippen LogP contribution is 2.29. The Hall–Kier alpha value is -0.830. The van der Waals surface area contributed by atoms with E-state index in [-0.39, 0.29) is 12.3 Å². The van der Waals surface area contributed by atoms with Gasteiger partial charge in [-0.05, 0) is 0 Å². The summed E-state index contributed by atoms with van der Waals surface area (Å²) in [6, 6.07) is 0. The number of hydrogen-bond donors (Lipinski definition) is 1. The van der Waals surface area contributed by atoms with Gasteiger partial charge < -0.3 is 10.3 Å². The molecule has 0 aliphatic rings. The number of nitrogens with two attached hydrogens (primary N) is 1. The van der Waals surface area contributed by atoms with Crippen LogP contribution in [0.5, 0.6) is 0 Å². The summed E-state index contributed by atoms with van der Waals surface area (Å²) < 4.78 is 50.5. The second-order valence-electron chi connectivity index (χ2n) is 3.32. The monoisotopic (exact) mass is 272 g/mol. The summed E-state index contributed by atoms with van der Waals surface area (Å²) in [5.41, 5.74) is 5.35. The molecule has 1 heterocycles. The first-order valence-corrected chi connectivity index (χ1v) is 5.74. The molecule has 0 saturated carbocycles. The summed E-state index contributed by atoms with van der Waals surface area (Å²) in [5, 5.41) is 7.82. The van der Waals surface area contributed by atoms with Crippen LogP contribution in [0.1, 0.15) is 12.2 Å². The van der Waals surface area contributed by atoms with E-state index in [1.54, 1.807) is 11.6 Å². The maximum absolute atomic E-state index is 12.6. The van der Waals surface area contributed by atoms with Gasteiger partial charge in [-0.15, -0.1) is 10.2 Å². The van der Waals surface area contributed by atoms with Gasteiger partial charge in [0.15, 0.2) is 5.16 Å². The molecule has 0 aliphatic carbocycles. The van der Waals surface area contributed by atoms with Crippen LogP contribution in [0.2, 0.25) is 0 Å². The van der Waals surface area contributed by atoms with Crippen molar-refractivity contribution in [2.24, 2.45) is 12.8 Å². The molecule has 0 aromatic carbocycles. The highest BCUT2D eigenvalue weighted by Gasteiger charge is 2.39. The molecule has 0 amide bonds. The molecule has 17 heavy (non-hydrogen) atoms. The third kappa shape index (κ3) is 3.56. The zero-order valence-electron chi connectivity index (χ0n) is 9.04. The van der Waals surface area contributed by atoms with Gasteiger partial charge in [-0.3, -0.25) is 0 Å². The smallest absolute Gasteiger partial charge is 0.308 e. The lowest BCUT2D eigenvalue weighted by Gasteiger charge is -2.14. The Bertz CT molecular complexity index is 368. The Morgan fingerprint density at radius 3 is 2.53 bits per heavy atom. The molecule has 0 atom stereocenters. The van der Waals surface area contributed by atoms with E-state index in [0.29, 0.717) is 11.0 Å². The normalized spacial score (nSPS) is 12.4.